The number of fused-ring (bicyclic) bond motifs is 1. The van der Waals surface area contributed by atoms with E-state index in [2.05, 4.69) is 9.97 Å². The first kappa shape index (κ1) is 18.5. The summed E-state index contributed by atoms with van der Waals surface area (Å²) in [6.07, 6.45) is 0. The quantitative estimate of drug-likeness (QED) is 0.684. The summed E-state index contributed by atoms with van der Waals surface area (Å²) >= 11 is 0. The van der Waals surface area contributed by atoms with E-state index in [4.69, 9.17) is 9.47 Å². The molecule has 0 spiro atoms. The molecule has 0 saturated heterocycles. The van der Waals surface area contributed by atoms with Crippen molar-refractivity contribution in [1.29, 1.82) is 0 Å². The number of benzene rings is 1. The van der Waals surface area contributed by atoms with Crippen molar-refractivity contribution < 1.29 is 14.3 Å². The smallest absolute Gasteiger partial charge is 0.338 e. The summed E-state index contributed by atoms with van der Waals surface area (Å²) in [5.74, 6) is -0.682. The van der Waals surface area contributed by atoms with Crippen LogP contribution < -0.4 is 11.2 Å². The normalized spacial score (nSPS) is 10.9. The number of pyridine rings is 1. The van der Waals surface area contributed by atoms with Crippen molar-refractivity contribution in [2.45, 2.75) is 13.5 Å². The number of aromatic amines is 1. The van der Waals surface area contributed by atoms with Gasteiger partial charge < -0.3 is 9.47 Å². The molecule has 0 aliphatic carbocycles. The van der Waals surface area contributed by atoms with E-state index >= 15 is 0 Å². The van der Waals surface area contributed by atoms with Crippen molar-refractivity contribution in [2.24, 2.45) is 0 Å². The number of nitrogens with zero attached hydrogens (tertiary/aromatic N) is 2. The van der Waals surface area contributed by atoms with Gasteiger partial charge in [0.05, 0.1) is 36.9 Å². The van der Waals surface area contributed by atoms with E-state index in [1.54, 1.807) is 0 Å². The third-order valence-electron chi connectivity index (χ3n) is 4.22. The van der Waals surface area contributed by atoms with Gasteiger partial charge in [-0.15, -0.1) is 0 Å². The molecule has 0 radical (unpaired) electrons. The summed E-state index contributed by atoms with van der Waals surface area (Å²) in [6.45, 7) is 2.37. The van der Waals surface area contributed by atoms with Crippen LogP contribution in [0.3, 0.4) is 0 Å². The van der Waals surface area contributed by atoms with Crippen LogP contribution in [0.5, 0.6) is 0 Å². The Balaban J connectivity index is 2.39. The number of carbonyl (C=O) groups is 1. The maximum Gasteiger partial charge on any atom is 0.338 e. The lowest BCUT2D eigenvalue weighted by molar-refractivity contribution is 0.0603. The fourth-order valence-electron chi connectivity index (χ4n) is 2.81. The first-order valence-electron chi connectivity index (χ1n) is 8.28. The van der Waals surface area contributed by atoms with E-state index in [9.17, 15) is 14.4 Å². The summed E-state index contributed by atoms with van der Waals surface area (Å²) in [5.41, 5.74) is 1.13. The first-order chi connectivity index (χ1) is 13.0. The number of aryl methyl sites for hydroxylation is 1. The van der Waals surface area contributed by atoms with Gasteiger partial charge in [0.15, 0.2) is 5.65 Å². The average Bonchev–Trinajstić information content (AvgIpc) is 2.66. The molecule has 0 saturated carbocycles. The predicted molar refractivity (Wildman–Crippen MR) is 100 cm³/mol. The van der Waals surface area contributed by atoms with E-state index in [1.165, 1.54) is 24.9 Å². The second-order valence-corrected chi connectivity index (χ2v) is 6.01. The Morgan fingerprint density at radius 1 is 1.19 bits per heavy atom. The Morgan fingerprint density at radius 3 is 2.52 bits per heavy atom. The van der Waals surface area contributed by atoms with Crippen LogP contribution in [-0.4, -0.2) is 41.3 Å². The molecule has 2 aromatic heterocycles. The number of methoxy groups -OCH3 is 2. The van der Waals surface area contributed by atoms with Gasteiger partial charge in [-0.1, -0.05) is 29.8 Å². The molecule has 140 valence electrons. The Labute approximate surface area is 154 Å². The lowest BCUT2D eigenvalue weighted by atomic mass is 10.1. The van der Waals surface area contributed by atoms with Gasteiger partial charge in [-0.3, -0.25) is 14.3 Å². The highest BCUT2D eigenvalue weighted by molar-refractivity contribution is 6.03. The highest BCUT2D eigenvalue weighted by Gasteiger charge is 2.20. The van der Waals surface area contributed by atoms with Crippen molar-refractivity contribution in [3.05, 3.63) is 62.3 Å². The average molecular weight is 369 g/mol. The Hall–Kier alpha value is -3.26. The van der Waals surface area contributed by atoms with Crippen LogP contribution in [0, 0.1) is 6.92 Å². The molecule has 0 fully saturated rings. The van der Waals surface area contributed by atoms with Crippen molar-refractivity contribution >= 4 is 17.0 Å². The number of carbonyl (C=O) groups excluding carboxylic acids is 1. The molecule has 0 bridgehead atoms. The molecule has 27 heavy (non-hydrogen) atoms. The number of esters is 1. The SMILES string of the molecule is COCCn1c(=O)[nH]c(=O)c2c(C(=O)OC)cc(-c3ccc(C)cc3)nc21. The highest BCUT2D eigenvalue weighted by Crippen LogP contribution is 2.23. The number of nitrogens with one attached hydrogen (secondary N) is 1. The zero-order valence-electron chi connectivity index (χ0n) is 15.2. The molecule has 3 rings (SSSR count). The van der Waals surface area contributed by atoms with Crippen LogP contribution in [0.2, 0.25) is 0 Å². The number of H-pyrrole nitrogens is 1. The van der Waals surface area contributed by atoms with Gasteiger partial charge in [-0.2, -0.15) is 0 Å². The molecule has 2 heterocycles. The molecule has 8 heteroatoms. The fraction of sp³-hybridized carbons (Fsp3) is 0.263. The molecule has 1 aromatic carbocycles. The largest absolute Gasteiger partial charge is 0.465 e. The zero-order chi connectivity index (χ0) is 19.6. The molecular weight excluding hydrogens is 350 g/mol. The van der Waals surface area contributed by atoms with E-state index < -0.39 is 17.2 Å². The van der Waals surface area contributed by atoms with Crippen LogP contribution in [-0.2, 0) is 16.0 Å². The van der Waals surface area contributed by atoms with E-state index in [0.29, 0.717) is 5.69 Å². The van der Waals surface area contributed by atoms with Crippen LogP contribution >= 0.6 is 0 Å². The van der Waals surface area contributed by atoms with E-state index in [-0.39, 0.29) is 29.7 Å². The number of aromatic nitrogens is 3. The van der Waals surface area contributed by atoms with Crippen LogP contribution in [0.25, 0.3) is 22.3 Å². The second-order valence-electron chi connectivity index (χ2n) is 6.01. The van der Waals surface area contributed by atoms with Gasteiger partial charge in [0, 0.05) is 12.7 Å². The molecule has 0 atom stereocenters. The van der Waals surface area contributed by atoms with E-state index in [1.807, 2.05) is 31.2 Å². The van der Waals surface area contributed by atoms with Gasteiger partial charge in [0.2, 0.25) is 0 Å². The highest BCUT2D eigenvalue weighted by atomic mass is 16.5. The first-order valence-corrected chi connectivity index (χ1v) is 8.28. The van der Waals surface area contributed by atoms with Crippen molar-refractivity contribution in [3.63, 3.8) is 0 Å². The number of hydrogen-bond donors (Lipinski definition) is 1. The summed E-state index contributed by atoms with van der Waals surface area (Å²) in [4.78, 5) is 43.8. The minimum absolute atomic E-state index is 0.00779. The van der Waals surface area contributed by atoms with Crippen molar-refractivity contribution in [2.75, 3.05) is 20.8 Å². The Bertz CT molecular complexity index is 1110. The minimum atomic E-state index is -0.688. The topological polar surface area (TPSA) is 103 Å². The van der Waals surface area contributed by atoms with Gasteiger partial charge in [0.1, 0.15) is 0 Å². The maximum absolute atomic E-state index is 12.4. The van der Waals surface area contributed by atoms with Crippen molar-refractivity contribution in [1.82, 2.24) is 14.5 Å². The monoisotopic (exact) mass is 369 g/mol. The number of ether oxygens (including phenoxy) is 2. The molecular formula is C19H19N3O5. The van der Waals surface area contributed by atoms with Crippen molar-refractivity contribution in [3.8, 4) is 11.3 Å². The van der Waals surface area contributed by atoms with Gasteiger partial charge >= 0.3 is 11.7 Å². The molecule has 3 aromatic rings. The third-order valence-corrected chi connectivity index (χ3v) is 4.22. The summed E-state index contributed by atoms with van der Waals surface area (Å²) < 4.78 is 11.1. The zero-order valence-corrected chi connectivity index (χ0v) is 15.2. The standard InChI is InChI=1S/C19H19N3O5/c1-11-4-6-12(7-5-11)14-10-13(18(24)27-3)15-16(20-14)22(8-9-26-2)19(25)21-17(15)23/h4-7,10H,8-9H2,1-3H3,(H,21,23,25). The molecule has 0 unspecified atom stereocenters. The Morgan fingerprint density at radius 2 is 1.89 bits per heavy atom. The van der Waals surface area contributed by atoms with Crippen LogP contribution in [0.1, 0.15) is 15.9 Å². The van der Waals surface area contributed by atoms with Gasteiger partial charge in [0.25, 0.3) is 5.56 Å². The molecule has 8 nitrogen and oxygen atoms in total. The molecule has 0 amide bonds. The lowest BCUT2D eigenvalue weighted by Gasteiger charge is -2.12. The number of hydrogen-bond acceptors (Lipinski definition) is 6. The Kier molecular flexibility index (Phi) is 5.18. The molecule has 0 aliphatic rings. The molecule has 1 N–H and O–H groups in total. The second kappa shape index (κ2) is 7.55. The van der Waals surface area contributed by atoms with Gasteiger partial charge in [-0.05, 0) is 13.0 Å². The van der Waals surface area contributed by atoms with Crippen LogP contribution in [0.4, 0.5) is 0 Å². The van der Waals surface area contributed by atoms with Crippen LogP contribution in [0.15, 0.2) is 39.9 Å². The predicted octanol–water partition coefficient (Wildman–Crippen LogP) is 1.49. The maximum atomic E-state index is 12.4. The van der Waals surface area contributed by atoms with Gasteiger partial charge in [-0.25, -0.2) is 14.6 Å². The number of rotatable bonds is 5. The molecule has 0 aliphatic heterocycles. The fourth-order valence-corrected chi connectivity index (χ4v) is 2.81. The lowest BCUT2D eigenvalue weighted by Crippen LogP contribution is -2.33. The minimum Gasteiger partial charge on any atom is -0.465 e. The summed E-state index contributed by atoms with van der Waals surface area (Å²) in [7, 11) is 2.74. The summed E-state index contributed by atoms with van der Waals surface area (Å²) in [6, 6.07) is 9.04. The van der Waals surface area contributed by atoms with E-state index in [0.717, 1.165) is 11.1 Å². The third kappa shape index (κ3) is 3.52. The summed E-state index contributed by atoms with van der Waals surface area (Å²) in [5, 5.41) is 0.00779.